The highest BCUT2D eigenvalue weighted by molar-refractivity contribution is 7.89. The van der Waals surface area contributed by atoms with Crippen LogP contribution in [0.15, 0.2) is 29.2 Å². The van der Waals surface area contributed by atoms with Crippen molar-refractivity contribution in [3.63, 3.8) is 0 Å². The Morgan fingerprint density at radius 1 is 1.33 bits per heavy atom. The first-order valence-corrected chi connectivity index (χ1v) is 8.83. The molecule has 0 saturated heterocycles. The van der Waals surface area contributed by atoms with Crippen molar-refractivity contribution >= 4 is 38.6 Å². The van der Waals surface area contributed by atoms with Gasteiger partial charge in [0.25, 0.3) is 0 Å². The van der Waals surface area contributed by atoms with E-state index in [1.54, 1.807) is 0 Å². The molecule has 1 aromatic carbocycles. The van der Waals surface area contributed by atoms with Gasteiger partial charge in [-0.2, -0.15) is 0 Å². The van der Waals surface area contributed by atoms with Gasteiger partial charge in [-0.1, -0.05) is 18.5 Å². The third-order valence-corrected chi connectivity index (χ3v) is 5.67. The van der Waals surface area contributed by atoms with Crippen LogP contribution in [0.1, 0.15) is 16.7 Å². The summed E-state index contributed by atoms with van der Waals surface area (Å²) in [5.74, 6) is -0.993. The summed E-state index contributed by atoms with van der Waals surface area (Å²) in [4.78, 5) is 1.47. The number of sulfonamides is 1. The standard InChI is InChI=1S/C13H14ClFN2O2S2/c1-2-9-3-4-10(20-9)7-17-21(18,19)12-6-8(14)5-11(16)13(12)15/h3-6,17H,2,7,16H2,1H3. The van der Waals surface area contributed by atoms with Crippen molar-refractivity contribution in [2.45, 2.75) is 24.8 Å². The summed E-state index contributed by atoms with van der Waals surface area (Å²) in [7, 11) is -4.01. The summed E-state index contributed by atoms with van der Waals surface area (Å²) in [5, 5.41) is 0.0682. The van der Waals surface area contributed by atoms with E-state index in [2.05, 4.69) is 4.72 Å². The Morgan fingerprint density at radius 2 is 2.00 bits per heavy atom. The molecule has 2 aromatic rings. The Hall–Kier alpha value is -1.15. The van der Waals surface area contributed by atoms with E-state index in [4.69, 9.17) is 17.3 Å². The largest absolute Gasteiger partial charge is 0.396 e. The first-order valence-electron chi connectivity index (χ1n) is 6.15. The van der Waals surface area contributed by atoms with Gasteiger partial charge in [0.15, 0.2) is 5.82 Å². The summed E-state index contributed by atoms with van der Waals surface area (Å²) in [6.07, 6.45) is 0.886. The molecule has 3 N–H and O–H groups in total. The van der Waals surface area contributed by atoms with E-state index in [9.17, 15) is 12.8 Å². The SMILES string of the molecule is CCc1ccc(CNS(=O)(=O)c2cc(Cl)cc(N)c2F)s1. The van der Waals surface area contributed by atoms with Crippen LogP contribution in [0, 0.1) is 5.82 Å². The maximum Gasteiger partial charge on any atom is 0.243 e. The summed E-state index contributed by atoms with van der Waals surface area (Å²) < 4.78 is 40.5. The third kappa shape index (κ3) is 3.74. The summed E-state index contributed by atoms with van der Waals surface area (Å²) in [6.45, 7) is 2.11. The van der Waals surface area contributed by atoms with E-state index in [1.807, 2.05) is 19.1 Å². The Balaban J connectivity index is 2.22. The molecule has 0 saturated carbocycles. The molecule has 1 heterocycles. The molecule has 0 aliphatic heterocycles. The minimum atomic E-state index is -4.01. The van der Waals surface area contributed by atoms with Crippen LogP contribution in [0.25, 0.3) is 0 Å². The zero-order valence-electron chi connectivity index (χ0n) is 11.2. The zero-order chi connectivity index (χ0) is 15.6. The number of thiophene rings is 1. The van der Waals surface area contributed by atoms with E-state index < -0.39 is 20.7 Å². The number of benzene rings is 1. The van der Waals surface area contributed by atoms with Crippen molar-refractivity contribution in [1.29, 1.82) is 0 Å². The summed E-state index contributed by atoms with van der Waals surface area (Å²) in [6, 6.07) is 5.99. The molecule has 0 aliphatic carbocycles. The van der Waals surface area contributed by atoms with Crippen molar-refractivity contribution in [2.75, 3.05) is 5.73 Å². The van der Waals surface area contributed by atoms with Gasteiger partial charge in [0.1, 0.15) is 4.90 Å². The van der Waals surface area contributed by atoms with Gasteiger partial charge in [-0.05, 0) is 30.7 Å². The van der Waals surface area contributed by atoms with Crippen LogP contribution in [-0.4, -0.2) is 8.42 Å². The van der Waals surface area contributed by atoms with Crippen LogP contribution in [0.5, 0.6) is 0 Å². The first-order chi connectivity index (χ1) is 9.83. The van der Waals surface area contributed by atoms with Crippen LogP contribution >= 0.6 is 22.9 Å². The lowest BCUT2D eigenvalue weighted by atomic mass is 10.3. The first kappa shape index (κ1) is 16.2. The van der Waals surface area contributed by atoms with E-state index in [0.717, 1.165) is 22.2 Å². The monoisotopic (exact) mass is 348 g/mol. The molecule has 0 bridgehead atoms. The minimum Gasteiger partial charge on any atom is -0.396 e. The second kappa shape index (κ2) is 6.31. The molecule has 0 unspecified atom stereocenters. The fourth-order valence-corrected chi connectivity index (χ4v) is 4.15. The van der Waals surface area contributed by atoms with Crippen LogP contribution < -0.4 is 10.5 Å². The van der Waals surface area contributed by atoms with Crippen molar-refractivity contribution in [3.8, 4) is 0 Å². The minimum absolute atomic E-state index is 0.0682. The second-order valence-corrected chi connectivity index (χ2v) is 7.78. The maximum atomic E-state index is 13.9. The van der Waals surface area contributed by atoms with Crippen LogP contribution in [-0.2, 0) is 23.0 Å². The molecule has 1 aromatic heterocycles. The molecular weight excluding hydrogens is 335 g/mol. The summed E-state index contributed by atoms with van der Waals surface area (Å²) in [5.41, 5.74) is 5.10. The van der Waals surface area contributed by atoms with Gasteiger partial charge in [-0.25, -0.2) is 17.5 Å². The Morgan fingerprint density at radius 3 is 2.62 bits per heavy atom. The van der Waals surface area contributed by atoms with E-state index in [1.165, 1.54) is 17.4 Å². The smallest absolute Gasteiger partial charge is 0.243 e. The van der Waals surface area contributed by atoms with Gasteiger partial charge in [0, 0.05) is 21.3 Å². The molecule has 114 valence electrons. The molecule has 0 atom stereocenters. The highest BCUT2D eigenvalue weighted by atomic mass is 35.5. The fourth-order valence-electron chi connectivity index (χ4n) is 1.73. The number of rotatable bonds is 5. The number of nitrogens with one attached hydrogen (secondary N) is 1. The van der Waals surface area contributed by atoms with Gasteiger partial charge < -0.3 is 5.73 Å². The quantitative estimate of drug-likeness (QED) is 0.815. The third-order valence-electron chi connectivity index (χ3n) is 2.82. The maximum absolute atomic E-state index is 13.9. The van der Waals surface area contributed by atoms with Gasteiger partial charge in [0.05, 0.1) is 5.69 Å². The lowest BCUT2D eigenvalue weighted by Crippen LogP contribution is -2.24. The molecule has 0 radical (unpaired) electrons. The summed E-state index contributed by atoms with van der Waals surface area (Å²) >= 11 is 7.24. The average Bonchev–Trinajstić information content (AvgIpc) is 2.88. The Kier molecular flexibility index (Phi) is 4.88. The number of anilines is 1. The van der Waals surface area contributed by atoms with Gasteiger partial charge in [-0.3, -0.25) is 0 Å². The van der Waals surface area contributed by atoms with Gasteiger partial charge >= 0.3 is 0 Å². The molecule has 8 heteroatoms. The van der Waals surface area contributed by atoms with E-state index in [0.29, 0.717) is 0 Å². The van der Waals surface area contributed by atoms with Crippen molar-refractivity contribution in [1.82, 2.24) is 4.72 Å². The predicted octanol–water partition coefficient (Wildman–Crippen LogP) is 3.16. The van der Waals surface area contributed by atoms with E-state index >= 15 is 0 Å². The number of halogens is 2. The fraction of sp³-hybridized carbons (Fsp3) is 0.231. The Bertz CT molecular complexity index is 760. The van der Waals surface area contributed by atoms with Gasteiger partial charge in [0.2, 0.25) is 10.0 Å². The van der Waals surface area contributed by atoms with E-state index in [-0.39, 0.29) is 17.3 Å². The van der Waals surface area contributed by atoms with Crippen LogP contribution in [0.3, 0.4) is 0 Å². The number of nitrogens with two attached hydrogens (primary N) is 1. The molecule has 21 heavy (non-hydrogen) atoms. The average molecular weight is 349 g/mol. The number of hydrogen-bond acceptors (Lipinski definition) is 4. The molecule has 2 rings (SSSR count). The van der Waals surface area contributed by atoms with Crippen molar-refractivity contribution in [2.24, 2.45) is 0 Å². The van der Waals surface area contributed by atoms with Crippen LogP contribution in [0.4, 0.5) is 10.1 Å². The Labute approximate surface area is 131 Å². The van der Waals surface area contributed by atoms with Crippen LogP contribution in [0.2, 0.25) is 5.02 Å². The number of aryl methyl sites for hydroxylation is 1. The molecule has 0 aliphatic rings. The highest BCUT2D eigenvalue weighted by Gasteiger charge is 2.21. The molecular formula is C13H14ClFN2O2S2. The second-order valence-electron chi connectivity index (χ2n) is 4.35. The lowest BCUT2D eigenvalue weighted by molar-refractivity contribution is 0.559. The van der Waals surface area contributed by atoms with Gasteiger partial charge in [-0.15, -0.1) is 11.3 Å². The highest BCUT2D eigenvalue weighted by Crippen LogP contribution is 2.25. The number of nitrogen functional groups attached to an aromatic ring is 1. The molecule has 0 amide bonds. The van der Waals surface area contributed by atoms with Crippen molar-refractivity contribution in [3.05, 3.63) is 44.9 Å². The van der Waals surface area contributed by atoms with Crippen molar-refractivity contribution < 1.29 is 12.8 Å². The topological polar surface area (TPSA) is 72.2 Å². The lowest BCUT2D eigenvalue weighted by Gasteiger charge is -2.09. The number of hydrogen-bond donors (Lipinski definition) is 2. The molecule has 4 nitrogen and oxygen atoms in total. The normalized spacial score (nSPS) is 11.8. The zero-order valence-corrected chi connectivity index (χ0v) is 13.6. The molecule has 0 spiro atoms. The molecule has 0 fully saturated rings. The predicted molar refractivity (Wildman–Crippen MR) is 83.5 cm³/mol.